The summed E-state index contributed by atoms with van der Waals surface area (Å²) in [5.74, 6) is 2.00. The topological polar surface area (TPSA) is 65.7 Å². The number of hydrogen-bond donors (Lipinski definition) is 0. The summed E-state index contributed by atoms with van der Waals surface area (Å²) in [5, 5.41) is 5.08. The van der Waals surface area contributed by atoms with Crippen molar-refractivity contribution >= 4 is 33.0 Å². The fourth-order valence-electron chi connectivity index (χ4n) is 3.49. The van der Waals surface area contributed by atoms with E-state index in [0.717, 1.165) is 22.0 Å². The molecule has 0 saturated carbocycles. The smallest absolute Gasteiger partial charge is 0.282 e. The van der Waals surface area contributed by atoms with Crippen LogP contribution in [0.15, 0.2) is 57.4 Å². The number of methoxy groups -OCH3 is 1. The summed E-state index contributed by atoms with van der Waals surface area (Å²) >= 11 is 3.44. The van der Waals surface area contributed by atoms with Gasteiger partial charge in [-0.3, -0.25) is 4.79 Å². The van der Waals surface area contributed by atoms with Gasteiger partial charge in [0.2, 0.25) is 0 Å². The molecular formula is C26H30BrN3O3. The van der Waals surface area contributed by atoms with Gasteiger partial charge in [-0.25, -0.2) is 4.98 Å². The van der Waals surface area contributed by atoms with Crippen LogP contribution < -0.4 is 15.0 Å². The van der Waals surface area contributed by atoms with Crippen molar-refractivity contribution in [2.24, 2.45) is 5.10 Å². The lowest BCUT2D eigenvalue weighted by Gasteiger charge is -2.18. The molecule has 0 radical (unpaired) electrons. The number of ether oxygens (including phenoxy) is 2. The Morgan fingerprint density at radius 1 is 1.24 bits per heavy atom. The van der Waals surface area contributed by atoms with Crippen LogP contribution in [0.4, 0.5) is 0 Å². The van der Waals surface area contributed by atoms with Gasteiger partial charge in [0.15, 0.2) is 11.5 Å². The highest BCUT2D eigenvalue weighted by molar-refractivity contribution is 9.10. The van der Waals surface area contributed by atoms with Gasteiger partial charge in [0.1, 0.15) is 5.82 Å². The SMILES string of the molecule is C=CCc1cc(C=Nn2c([C@@H](C)CC)nc3ccc(Br)cc3c2=O)cc(OC)c1OC(C)C. The Labute approximate surface area is 203 Å². The summed E-state index contributed by atoms with van der Waals surface area (Å²) in [7, 11) is 1.61. The average molecular weight is 512 g/mol. The molecule has 0 aliphatic rings. The molecule has 1 aromatic heterocycles. The van der Waals surface area contributed by atoms with Crippen LogP contribution in [-0.2, 0) is 6.42 Å². The quantitative estimate of drug-likeness (QED) is 0.258. The minimum absolute atomic E-state index is 0.00153. The second kappa shape index (κ2) is 10.8. The molecule has 7 heteroatoms. The average Bonchev–Trinajstić information content (AvgIpc) is 2.79. The van der Waals surface area contributed by atoms with Crippen molar-refractivity contribution in [3.8, 4) is 11.5 Å². The van der Waals surface area contributed by atoms with Crippen LogP contribution in [0.1, 0.15) is 57.0 Å². The van der Waals surface area contributed by atoms with Crippen LogP contribution in [0.2, 0.25) is 0 Å². The monoisotopic (exact) mass is 511 g/mol. The molecule has 2 aromatic carbocycles. The molecule has 0 fully saturated rings. The molecule has 0 aliphatic carbocycles. The molecule has 3 rings (SSSR count). The van der Waals surface area contributed by atoms with E-state index >= 15 is 0 Å². The first-order chi connectivity index (χ1) is 15.8. The Balaban J connectivity index is 2.16. The van der Waals surface area contributed by atoms with E-state index in [2.05, 4.69) is 34.5 Å². The van der Waals surface area contributed by atoms with E-state index in [0.29, 0.717) is 34.6 Å². The third-order valence-electron chi connectivity index (χ3n) is 5.30. The van der Waals surface area contributed by atoms with E-state index in [1.54, 1.807) is 19.4 Å². The number of allylic oxidation sites excluding steroid dienone is 1. The van der Waals surface area contributed by atoms with Crippen molar-refractivity contribution < 1.29 is 9.47 Å². The van der Waals surface area contributed by atoms with Crippen molar-refractivity contribution in [1.82, 2.24) is 9.66 Å². The molecule has 0 amide bonds. The zero-order valence-corrected chi connectivity index (χ0v) is 21.3. The molecule has 0 N–H and O–H groups in total. The van der Waals surface area contributed by atoms with Gasteiger partial charge in [-0.05, 0) is 62.6 Å². The maximum absolute atomic E-state index is 13.3. The van der Waals surface area contributed by atoms with Crippen molar-refractivity contribution in [3.05, 3.63) is 74.8 Å². The zero-order valence-electron chi connectivity index (χ0n) is 19.8. The summed E-state index contributed by atoms with van der Waals surface area (Å²) in [6.45, 7) is 11.9. The first kappa shape index (κ1) is 24.7. The third-order valence-corrected chi connectivity index (χ3v) is 5.79. The van der Waals surface area contributed by atoms with E-state index in [1.807, 2.05) is 51.1 Å². The fourth-order valence-corrected chi connectivity index (χ4v) is 3.85. The van der Waals surface area contributed by atoms with Crippen molar-refractivity contribution in [2.75, 3.05) is 7.11 Å². The summed E-state index contributed by atoms with van der Waals surface area (Å²) in [4.78, 5) is 18.1. The second-order valence-corrected chi connectivity index (χ2v) is 9.09. The number of halogens is 1. The molecule has 33 heavy (non-hydrogen) atoms. The Bertz CT molecular complexity index is 1250. The molecule has 0 spiro atoms. The molecule has 1 heterocycles. The highest BCUT2D eigenvalue weighted by atomic mass is 79.9. The lowest BCUT2D eigenvalue weighted by molar-refractivity contribution is 0.228. The van der Waals surface area contributed by atoms with Crippen LogP contribution in [-0.4, -0.2) is 29.1 Å². The summed E-state index contributed by atoms with van der Waals surface area (Å²) in [6, 6.07) is 9.34. The lowest BCUT2D eigenvalue weighted by atomic mass is 10.1. The largest absolute Gasteiger partial charge is 0.493 e. The summed E-state index contributed by atoms with van der Waals surface area (Å²) in [5.41, 5.74) is 2.19. The van der Waals surface area contributed by atoms with E-state index in [9.17, 15) is 4.79 Å². The Morgan fingerprint density at radius 3 is 2.64 bits per heavy atom. The second-order valence-electron chi connectivity index (χ2n) is 8.17. The first-order valence-electron chi connectivity index (χ1n) is 11.0. The van der Waals surface area contributed by atoms with E-state index in [1.165, 1.54) is 4.68 Å². The predicted molar refractivity (Wildman–Crippen MR) is 138 cm³/mol. The third kappa shape index (κ3) is 5.53. The first-order valence-corrected chi connectivity index (χ1v) is 11.8. The number of hydrogen-bond acceptors (Lipinski definition) is 5. The van der Waals surface area contributed by atoms with Gasteiger partial charge in [-0.15, -0.1) is 6.58 Å². The molecule has 0 saturated heterocycles. The van der Waals surface area contributed by atoms with Gasteiger partial charge in [0.05, 0.1) is 30.3 Å². The molecule has 1 atom stereocenters. The minimum Gasteiger partial charge on any atom is -0.493 e. The fraction of sp³-hybridized carbons (Fsp3) is 0.346. The zero-order chi connectivity index (χ0) is 24.1. The standard InChI is InChI=1S/C26H30BrN3O3/c1-7-9-19-12-18(13-23(32-6)24(19)33-16(3)4)15-28-30-25(17(5)8-2)29-22-11-10-20(27)14-21(22)26(30)31/h7,10-17H,1,8-9H2,2-6H3/t17-/m0/s1. The van der Waals surface area contributed by atoms with Gasteiger partial charge in [-0.2, -0.15) is 9.78 Å². The summed E-state index contributed by atoms with van der Waals surface area (Å²) in [6.07, 6.45) is 4.93. The van der Waals surface area contributed by atoms with Crippen molar-refractivity contribution in [3.63, 3.8) is 0 Å². The molecule has 174 valence electrons. The molecule has 3 aromatic rings. The molecule has 0 aliphatic heterocycles. The van der Waals surface area contributed by atoms with Crippen LogP contribution in [0, 0.1) is 0 Å². The lowest BCUT2D eigenvalue weighted by Crippen LogP contribution is -2.23. The van der Waals surface area contributed by atoms with Gasteiger partial charge >= 0.3 is 0 Å². The van der Waals surface area contributed by atoms with Crippen LogP contribution >= 0.6 is 15.9 Å². The van der Waals surface area contributed by atoms with Gasteiger partial charge < -0.3 is 9.47 Å². The molecular weight excluding hydrogens is 482 g/mol. The Hall–Kier alpha value is -2.93. The predicted octanol–water partition coefficient (Wildman–Crippen LogP) is 6.08. The van der Waals surface area contributed by atoms with Gasteiger partial charge in [0.25, 0.3) is 5.56 Å². The molecule has 0 unspecified atom stereocenters. The maximum atomic E-state index is 13.3. The summed E-state index contributed by atoms with van der Waals surface area (Å²) < 4.78 is 13.8. The normalized spacial score (nSPS) is 12.5. The highest BCUT2D eigenvalue weighted by Gasteiger charge is 2.17. The van der Waals surface area contributed by atoms with E-state index < -0.39 is 0 Å². The van der Waals surface area contributed by atoms with Crippen LogP contribution in [0.3, 0.4) is 0 Å². The number of benzene rings is 2. The Kier molecular flexibility index (Phi) is 8.08. The van der Waals surface area contributed by atoms with Crippen molar-refractivity contribution in [2.45, 2.75) is 52.6 Å². The van der Waals surface area contributed by atoms with Crippen molar-refractivity contribution in [1.29, 1.82) is 0 Å². The minimum atomic E-state index is -0.203. The molecule has 0 bridgehead atoms. The van der Waals surface area contributed by atoms with Gasteiger partial charge in [0, 0.05) is 16.0 Å². The molecule has 6 nitrogen and oxygen atoms in total. The van der Waals surface area contributed by atoms with Crippen LogP contribution in [0.5, 0.6) is 11.5 Å². The van der Waals surface area contributed by atoms with Gasteiger partial charge in [-0.1, -0.05) is 35.9 Å². The Morgan fingerprint density at radius 2 is 2.00 bits per heavy atom. The number of fused-ring (bicyclic) bond motifs is 1. The maximum Gasteiger partial charge on any atom is 0.282 e. The van der Waals surface area contributed by atoms with E-state index in [-0.39, 0.29) is 17.6 Å². The number of rotatable bonds is 9. The number of aromatic nitrogens is 2. The van der Waals surface area contributed by atoms with E-state index in [4.69, 9.17) is 14.5 Å². The highest BCUT2D eigenvalue weighted by Crippen LogP contribution is 2.34. The van der Waals surface area contributed by atoms with Crippen LogP contribution in [0.25, 0.3) is 10.9 Å². The number of nitrogens with zero attached hydrogens (tertiary/aromatic N) is 3.